The van der Waals surface area contributed by atoms with Gasteiger partial charge in [0.05, 0.1) is 10.0 Å². The van der Waals surface area contributed by atoms with Crippen LogP contribution in [0.3, 0.4) is 0 Å². The van der Waals surface area contributed by atoms with Gasteiger partial charge in [-0.05, 0) is 49.4 Å². The minimum Gasteiger partial charge on any atom is -0.453 e. The first kappa shape index (κ1) is 19.9. The summed E-state index contributed by atoms with van der Waals surface area (Å²) in [4.78, 5) is 35.9. The maximum atomic E-state index is 12.9. The summed E-state index contributed by atoms with van der Waals surface area (Å²) in [6, 6.07) is 9.15. The van der Waals surface area contributed by atoms with Crippen LogP contribution in [-0.2, 0) is 9.53 Å². The molecule has 136 valence electrons. The van der Waals surface area contributed by atoms with E-state index in [0.717, 1.165) is 12.1 Å². The minimum atomic E-state index is -1.07. The van der Waals surface area contributed by atoms with Crippen molar-refractivity contribution in [2.24, 2.45) is 0 Å². The number of ketones is 1. The Hall–Kier alpha value is -2.44. The third-order valence-electron chi connectivity index (χ3n) is 3.38. The number of ether oxygens (including phenoxy) is 1. The Kier molecular flexibility index (Phi) is 6.71. The van der Waals surface area contributed by atoms with E-state index >= 15 is 0 Å². The number of carbonyl (C=O) groups is 3. The number of benzene rings is 2. The highest BCUT2D eigenvalue weighted by atomic mass is 35.5. The Morgan fingerprint density at radius 2 is 1.65 bits per heavy atom. The molecular weight excluding hydrogens is 384 g/mol. The lowest BCUT2D eigenvalue weighted by molar-refractivity contribution is -0.145. The Balaban J connectivity index is 1.87. The fourth-order valence-electron chi connectivity index (χ4n) is 2.03. The first-order valence-corrected chi connectivity index (χ1v) is 8.26. The lowest BCUT2D eigenvalue weighted by Gasteiger charge is -2.13. The lowest BCUT2D eigenvalue weighted by atomic mass is 10.1. The van der Waals surface area contributed by atoms with Gasteiger partial charge in [-0.25, -0.2) is 4.39 Å². The van der Waals surface area contributed by atoms with Crippen molar-refractivity contribution in [3.05, 3.63) is 69.5 Å². The fraction of sp³-hybridized carbons (Fsp3) is 0.167. The van der Waals surface area contributed by atoms with E-state index in [2.05, 4.69) is 5.32 Å². The van der Waals surface area contributed by atoms with Crippen LogP contribution < -0.4 is 5.32 Å². The first-order chi connectivity index (χ1) is 12.3. The zero-order valence-electron chi connectivity index (χ0n) is 13.6. The Bertz CT molecular complexity index is 840. The number of halogens is 3. The maximum absolute atomic E-state index is 12.9. The van der Waals surface area contributed by atoms with Gasteiger partial charge in [0.1, 0.15) is 12.4 Å². The van der Waals surface area contributed by atoms with Crippen LogP contribution in [0.2, 0.25) is 10.0 Å². The summed E-state index contributed by atoms with van der Waals surface area (Å²) >= 11 is 11.6. The van der Waals surface area contributed by atoms with E-state index in [4.69, 9.17) is 27.9 Å². The van der Waals surface area contributed by atoms with Crippen LogP contribution in [0.4, 0.5) is 4.39 Å². The number of Topliss-reactive ketones (excluding diaryl/α,β-unsaturated/α-hetero) is 1. The summed E-state index contributed by atoms with van der Waals surface area (Å²) in [5.41, 5.74) is 0.439. The molecule has 0 aliphatic heterocycles. The summed E-state index contributed by atoms with van der Waals surface area (Å²) in [5.74, 6) is -2.29. The van der Waals surface area contributed by atoms with Crippen molar-refractivity contribution in [3.8, 4) is 0 Å². The van der Waals surface area contributed by atoms with Crippen molar-refractivity contribution in [3.63, 3.8) is 0 Å². The molecule has 0 unspecified atom stereocenters. The van der Waals surface area contributed by atoms with Crippen molar-refractivity contribution >= 4 is 40.9 Å². The van der Waals surface area contributed by atoms with Crippen LogP contribution in [-0.4, -0.2) is 30.3 Å². The molecule has 0 bridgehead atoms. The number of rotatable bonds is 6. The molecule has 0 saturated heterocycles. The van der Waals surface area contributed by atoms with Crippen LogP contribution >= 0.6 is 23.2 Å². The SMILES string of the molecule is C[C@@H](OC(=O)CNC(=O)c1ccc(Cl)c(Cl)c1)C(=O)c1ccc(F)cc1. The van der Waals surface area contributed by atoms with Crippen LogP contribution in [0.25, 0.3) is 0 Å². The first-order valence-electron chi connectivity index (χ1n) is 7.50. The van der Waals surface area contributed by atoms with E-state index in [0.29, 0.717) is 5.02 Å². The molecule has 0 saturated carbocycles. The van der Waals surface area contributed by atoms with Gasteiger partial charge in [-0.15, -0.1) is 0 Å². The highest BCUT2D eigenvalue weighted by molar-refractivity contribution is 6.42. The molecule has 2 rings (SSSR count). The molecule has 0 aliphatic carbocycles. The topological polar surface area (TPSA) is 72.5 Å². The van der Waals surface area contributed by atoms with E-state index < -0.39 is 36.1 Å². The van der Waals surface area contributed by atoms with Gasteiger partial charge in [-0.1, -0.05) is 23.2 Å². The van der Waals surface area contributed by atoms with Gasteiger partial charge in [0.15, 0.2) is 6.10 Å². The zero-order chi connectivity index (χ0) is 19.3. The van der Waals surface area contributed by atoms with E-state index in [1.165, 1.54) is 37.3 Å². The average molecular weight is 398 g/mol. The van der Waals surface area contributed by atoms with Crippen LogP contribution in [0.1, 0.15) is 27.6 Å². The lowest BCUT2D eigenvalue weighted by Crippen LogP contribution is -2.34. The Morgan fingerprint density at radius 3 is 2.27 bits per heavy atom. The molecule has 1 N–H and O–H groups in total. The third kappa shape index (κ3) is 5.28. The molecular formula is C18H14Cl2FNO4. The van der Waals surface area contributed by atoms with Crippen LogP contribution in [0, 0.1) is 5.82 Å². The molecule has 0 spiro atoms. The smallest absolute Gasteiger partial charge is 0.326 e. The maximum Gasteiger partial charge on any atom is 0.326 e. The molecule has 0 heterocycles. The van der Waals surface area contributed by atoms with E-state index in [9.17, 15) is 18.8 Å². The van der Waals surface area contributed by atoms with Gasteiger partial charge in [0.2, 0.25) is 5.78 Å². The average Bonchev–Trinajstić information content (AvgIpc) is 2.62. The zero-order valence-corrected chi connectivity index (χ0v) is 15.1. The number of hydrogen-bond acceptors (Lipinski definition) is 4. The number of nitrogens with one attached hydrogen (secondary N) is 1. The molecule has 26 heavy (non-hydrogen) atoms. The van der Waals surface area contributed by atoms with Gasteiger partial charge < -0.3 is 10.1 Å². The van der Waals surface area contributed by atoms with Crippen molar-refractivity contribution < 1.29 is 23.5 Å². The monoisotopic (exact) mass is 397 g/mol. The van der Waals surface area contributed by atoms with Gasteiger partial charge in [0, 0.05) is 11.1 Å². The third-order valence-corrected chi connectivity index (χ3v) is 4.12. The predicted octanol–water partition coefficient (Wildman–Crippen LogP) is 3.68. The number of amides is 1. The van der Waals surface area contributed by atoms with E-state index in [-0.39, 0.29) is 16.1 Å². The second-order valence-corrected chi connectivity index (χ2v) is 6.13. The molecule has 2 aromatic rings. The summed E-state index contributed by atoms with van der Waals surface area (Å²) in [6.45, 7) is 0.963. The molecule has 1 amide bonds. The highest BCUT2D eigenvalue weighted by Gasteiger charge is 2.20. The normalized spacial score (nSPS) is 11.5. The minimum absolute atomic E-state index is 0.209. The number of carbonyl (C=O) groups excluding carboxylic acids is 3. The standard InChI is InChI=1S/C18H14Cl2FNO4/c1-10(17(24)11-2-5-13(21)6-3-11)26-16(23)9-22-18(25)12-4-7-14(19)15(20)8-12/h2-8,10H,9H2,1H3,(H,22,25)/t10-/m1/s1. The van der Waals surface area contributed by atoms with Gasteiger partial charge >= 0.3 is 5.97 Å². The van der Waals surface area contributed by atoms with Gasteiger partial charge in [0.25, 0.3) is 5.91 Å². The molecule has 0 aliphatic rings. The largest absolute Gasteiger partial charge is 0.453 e. The molecule has 2 aromatic carbocycles. The number of esters is 1. The van der Waals surface area contributed by atoms with Gasteiger partial charge in [-0.3, -0.25) is 14.4 Å². The quantitative estimate of drug-likeness (QED) is 0.595. The molecule has 1 atom stereocenters. The molecule has 0 fully saturated rings. The van der Waals surface area contributed by atoms with Crippen molar-refractivity contribution in [2.45, 2.75) is 13.0 Å². The number of hydrogen-bond donors (Lipinski definition) is 1. The second kappa shape index (κ2) is 8.78. The summed E-state index contributed by atoms with van der Waals surface area (Å²) < 4.78 is 17.9. The summed E-state index contributed by atoms with van der Waals surface area (Å²) in [7, 11) is 0. The van der Waals surface area contributed by atoms with Crippen molar-refractivity contribution in [2.75, 3.05) is 6.54 Å². The van der Waals surface area contributed by atoms with Crippen LogP contribution in [0.15, 0.2) is 42.5 Å². The molecule has 0 aromatic heterocycles. The summed E-state index contributed by atoms with van der Waals surface area (Å²) in [6.07, 6.45) is -1.07. The summed E-state index contributed by atoms with van der Waals surface area (Å²) in [5, 5.41) is 2.87. The van der Waals surface area contributed by atoms with Gasteiger partial charge in [-0.2, -0.15) is 0 Å². The molecule has 8 heteroatoms. The van der Waals surface area contributed by atoms with Crippen molar-refractivity contribution in [1.82, 2.24) is 5.32 Å². The van der Waals surface area contributed by atoms with Crippen molar-refractivity contribution in [1.29, 1.82) is 0 Å². The second-order valence-electron chi connectivity index (χ2n) is 5.31. The molecule has 0 radical (unpaired) electrons. The Morgan fingerprint density at radius 1 is 1.04 bits per heavy atom. The van der Waals surface area contributed by atoms with E-state index in [1.807, 2.05) is 0 Å². The highest BCUT2D eigenvalue weighted by Crippen LogP contribution is 2.22. The van der Waals surface area contributed by atoms with E-state index in [1.54, 1.807) is 0 Å². The fourth-order valence-corrected chi connectivity index (χ4v) is 2.33. The van der Waals surface area contributed by atoms with Crippen LogP contribution in [0.5, 0.6) is 0 Å². The Labute approximate surface area is 159 Å². The molecule has 5 nitrogen and oxygen atoms in total. The predicted molar refractivity (Wildman–Crippen MR) is 95.1 cm³/mol.